The van der Waals surface area contributed by atoms with Crippen LogP contribution in [0.15, 0.2) is 18.6 Å². The molecule has 0 aliphatic carbocycles. The van der Waals surface area contributed by atoms with Gasteiger partial charge in [0.15, 0.2) is 5.82 Å². The van der Waals surface area contributed by atoms with E-state index in [-0.39, 0.29) is 5.82 Å². The molecule has 0 spiro atoms. The van der Waals surface area contributed by atoms with Crippen LogP contribution in [0.1, 0.15) is 11.4 Å². The summed E-state index contributed by atoms with van der Waals surface area (Å²) in [5.74, 6) is 0.673. The van der Waals surface area contributed by atoms with Crippen LogP contribution in [0.5, 0.6) is 0 Å². The first kappa shape index (κ1) is 8.31. The molecule has 2 aromatic heterocycles. The number of aromatic nitrogens is 5. The van der Waals surface area contributed by atoms with E-state index in [0.717, 1.165) is 5.56 Å². The maximum Gasteiger partial charge on any atom is 0.252 e. The van der Waals surface area contributed by atoms with Crippen LogP contribution in [0, 0.1) is 18.3 Å². The zero-order chi connectivity index (χ0) is 9.97. The minimum absolute atomic E-state index is 0.119. The van der Waals surface area contributed by atoms with Crippen LogP contribution in [0.25, 0.3) is 5.82 Å². The lowest BCUT2D eigenvalue weighted by atomic mass is 10.3. The second-order valence-electron chi connectivity index (χ2n) is 2.72. The average Bonchev–Trinajstić information content (AvgIpc) is 2.66. The molecule has 0 aromatic carbocycles. The van der Waals surface area contributed by atoms with Crippen LogP contribution in [0.4, 0.5) is 0 Å². The number of hydrogen-bond donors (Lipinski definition) is 0. The van der Waals surface area contributed by atoms with Crippen molar-refractivity contribution in [2.75, 3.05) is 0 Å². The molecule has 2 aromatic rings. The molecular weight excluding hydrogens is 180 g/mol. The average molecular weight is 186 g/mol. The van der Waals surface area contributed by atoms with Crippen LogP contribution in [0.3, 0.4) is 0 Å². The Bertz CT molecular complexity index is 495. The van der Waals surface area contributed by atoms with Crippen LogP contribution >= 0.6 is 0 Å². The minimum Gasteiger partial charge on any atom is -0.206 e. The SMILES string of the molecule is Cc1cnnc(-n2cnc(C#N)n2)c1. The van der Waals surface area contributed by atoms with E-state index in [1.165, 1.54) is 11.0 Å². The minimum atomic E-state index is 0.119. The molecule has 0 saturated heterocycles. The fraction of sp³-hybridized carbons (Fsp3) is 0.125. The molecule has 0 amide bonds. The molecule has 0 saturated carbocycles. The van der Waals surface area contributed by atoms with Gasteiger partial charge in [-0.3, -0.25) is 0 Å². The Labute approximate surface area is 79.8 Å². The van der Waals surface area contributed by atoms with E-state index in [9.17, 15) is 0 Å². The van der Waals surface area contributed by atoms with E-state index < -0.39 is 0 Å². The molecule has 6 heteroatoms. The topological polar surface area (TPSA) is 80.3 Å². The number of nitriles is 1. The molecular formula is C8H6N6. The molecule has 0 unspecified atom stereocenters. The number of nitrogens with zero attached hydrogens (tertiary/aromatic N) is 6. The number of aryl methyl sites for hydroxylation is 1. The Balaban J connectivity index is 2.45. The standard InChI is InChI=1S/C8H6N6/c1-6-2-8(12-11-4-6)14-5-10-7(3-9)13-14/h2,4-5H,1H3. The zero-order valence-corrected chi connectivity index (χ0v) is 7.42. The van der Waals surface area contributed by atoms with Crippen molar-refractivity contribution in [3.63, 3.8) is 0 Å². The summed E-state index contributed by atoms with van der Waals surface area (Å²) in [6.45, 7) is 1.90. The van der Waals surface area contributed by atoms with Crippen molar-refractivity contribution < 1.29 is 0 Å². The fourth-order valence-electron chi connectivity index (χ4n) is 0.985. The highest BCUT2D eigenvalue weighted by Crippen LogP contribution is 2.02. The van der Waals surface area contributed by atoms with Crippen molar-refractivity contribution in [2.24, 2.45) is 0 Å². The van der Waals surface area contributed by atoms with E-state index in [1.54, 1.807) is 6.20 Å². The second kappa shape index (κ2) is 3.22. The summed E-state index contributed by atoms with van der Waals surface area (Å²) in [6, 6.07) is 3.65. The molecule has 0 bridgehead atoms. The molecule has 2 heterocycles. The first-order valence-corrected chi connectivity index (χ1v) is 3.91. The van der Waals surface area contributed by atoms with Crippen molar-refractivity contribution in [1.82, 2.24) is 25.0 Å². The van der Waals surface area contributed by atoms with E-state index >= 15 is 0 Å². The van der Waals surface area contributed by atoms with Crippen molar-refractivity contribution in [3.05, 3.63) is 30.0 Å². The molecule has 0 atom stereocenters. The predicted octanol–water partition coefficient (Wildman–Crippen LogP) is 0.237. The third-order valence-corrected chi connectivity index (χ3v) is 1.60. The molecule has 0 radical (unpaired) electrons. The van der Waals surface area contributed by atoms with Crippen molar-refractivity contribution in [3.8, 4) is 11.9 Å². The van der Waals surface area contributed by atoms with Crippen LogP contribution in [-0.4, -0.2) is 25.0 Å². The van der Waals surface area contributed by atoms with E-state index in [1.807, 2.05) is 19.1 Å². The summed E-state index contributed by atoms with van der Waals surface area (Å²) in [5.41, 5.74) is 0.976. The molecule has 0 N–H and O–H groups in total. The number of hydrogen-bond acceptors (Lipinski definition) is 5. The quantitative estimate of drug-likeness (QED) is 0.637. The van der Waals surface area contributed by atoms with Crippen LogP contribution < -0.4 is 0 Å². The predicted molar refractivity (Wildman–Crippen MR) is 46.4 cm³/mol. The highest BCUT2D eigenvalue weighted by atomic mass is 15.4. The van der Waals surface area contributed by atoms with Gasteiger partial charge in [0.05, 0.1) is 6.20 Å². The summed E-state index contributed by atoms with van der Waals surface area (Å²) in [5, 5.41) is 20.0. The number of rotatable bonds is 1. The third kappa shape index (κ3) is 1.43. The first-order chi connectivity index (χ1) is 6.79. The van der Waals surface area contributed by atoms with Crippen molar-refractivity contribution in [2.45, 2.75) is 6.92 Å². The van der Waals surface area contributed by atoms with Gasteiger partial charge < -0.3 is 0 Å². The van der Waals surface area contributed by atoms with E-state index in [0.29, 0.717) is 5.82 Å². The Morgan fingerprint density at radius 3 is 3.00 bits per heavy atom. The lowest BCUT2D eigenvalue weighted by Crippen LogP contribution is -2.00. The molecule has 14 heavy (non-hydrogen) atoms. The van der Waals surface area contributed by atoms with Gasteiger partial charge in [0.25, 0.3) is 5.82 Å². The van der Waals surface area contributed by atoms with Gasteiger partial charge in [-0.2, -0.15) is 15.0 Å². The summed E-state index contributed by atoms with van der Waals surface area (Å²) < 4.78 is 1.42. The van der Waals surface area contributed by atoms with Crippen molar-refractivity contribution in [1.29, 1.82) is 5.26 Å². The molecule has 68 valence electrons. The summed E-state index contributed by atoms with van der Waals surface area (Å²) >= 11 is 0. The lowest BCUT2D eigenvalue weighted by Gasteiger charge is -1.97. The maximum atomic E-state index is 8.53. The molecule has 0 aliphatic rings. The van der Waals surface area contributed by atoms with Gasteiger partial charge in [0, 0.05) is 0 Å². The summed E-state index contributed by atoms with van der Waals surface area (Å²) in [4.78, 5) is 3.76. The highest BCUT2D eigenvalue weighted by Gasteiger charge is 2.02. The van der Waals surface area contributed by atoms with E-state index in [2.05, 4.69) is 20.3 Å². The summed E-state index contributed by atoms with van der Waals surface area (Å²) in [7, 11) is 0. The second-order valence-corrected chi connectivity index (χ2v) is 2.72. The van der Waals surface area contributed by atoms with Crippen LogP contribution in [0.2, 0.25) is 0 Å². The first-order valence-electron chi connectivity index (χ1n) is 3.91. The Hall–Kier alpha value is -2.29. The third-order valence-electron chi connectivity index (χ3n) is 1.60. The fourth-order valence-corrected chi connectivity index (χ4v) is 0.985. The van der Waals surface area contributed by atoms with Gasteiger partial charge in [0.2, 0.25) is 0 Å². The molecule has 0 aliphatic heterocycles. The zero-order valence-electron chi connectivity index (χ0n) is 7.42. The Kier molecular flexibility index (Phi) is 1.91. The smallest absolute Gasteiger partial charge is 0.206 e. The molecule has 0 fully saturated rings. The van der Waals surface area contributed by atoms with Gasteiger partial charge in [-0.1, -0.05) is 0 Å². The van der Waals surface area contributed by atoms with Crippen molar-refractivity contribution >= 4 is 0 Å². The molecule has 2 rings (SSSR count). The largest absolute Gasteiger partial charge is 0.252 e. The maximum absolute atomic E-state index is 8.53. The van der Waals surface area contributed by atoms with Gasteiger partial charge in [-0.25, -0.2) is 4.98 Å². The monoisotopic (exact) mass is 186 g/mol. The Morgan fingerprint density at radius 1 is 1.50 bits per heavy atom. The lowest BCUT2D eigenvalue weighted by molar-refractivity contribution is 0.805. The van der Waals surface area contributed by atoms with Gasteiger partial charge in [-0.05, 0) is 18.6 Å². The van der Waals surface area contributed by atoms with Gasteiger partial charge in [0.1, 0.15) is 12.4 Å². The highest BCUT2D eigenvalue weighted by molar-refractivity contribution is 5.23. The normalized spacial score (nSPS) is 9.71. The summed E-state index contributed by atoms with van der Waals surface area (Å²) in [6.07, 6.45) is 3.08. The van der Waals surface area contributed by atoms with Gasteiger partial charge >= 0.3 is 0 Å². The van der Waals surface area contributed by atoms with E-state index in [4.69, 9.17) is 5.26 Å². The Morgan fingerprint density at radius 2 is 2.36 bits per heavy atom. The van der Waals surface area contributed by atoms with Crippen LogP contribution in [-0.2, 0) is 0 Å². The van der Waals surface area contributed by atoms with Gasteiger partial charge in [-0.15, -0.1) is 10.2 Å². The molecule has 6 nitrogen and oxygen atoms in total.